The number of hydrogen-bond acceptors (Lipinski definition) is 5. The minimum atomic E-state index is -0.661. The average Bonchev–Trinajstić information content (AvgIpc) is 3.10. The molecule has 0 N–H and O–H groups in total. The Morgan fingerprint density at radius 3 is 2.60 bits per heavy atom. The highest BCUT2D eigenvalue weighted by molar-refractivity contribution is 6.02. The molecule has 0 bridgehead atoms. The van der Waals surface area contributed by atoms with Crippen molar-refractivity contribution < 1.29 is 19.1 Å². The van der Waals surface area contributed by atoms with Gasteiger partial charge in [0.25, 0.3) is 0 Å². The number of nitrogens with zero attached hydrogens (tertiary/aromatic N) is 3. The number of pyridine rings is 1. The standard InChI is InChI=1S/C23H27N3O4/c1-15-12-24-18(16(2)21(15)29-6)13-26(22(28)30-23(3,4)5)20-9-7-8-19-17(20)10-11-25(19)14-27/h7-12,14H,13H2,1-6H3. The minimum absolute atomic E-state index is 0.197. The van der Waals surface area contributed by atoms with Crippen LogP contribution in [0, 0.1) is 13.8 Å². The molecule has 3 rings (SSSR count). The van der Waals surface area contributed by atoms with Crippen LogP contribution >= 0.6 is 0 Å². The quantitative estimate of drug-likeness (QED) is 0.574. The summed E-state index contributed by atoms with van der Waals surface area (Å²) in [5.41, 5.74) is 3.18. The summed E-state index contributed by atoms with van der Waals surface area (Å²) >= 11 is 0. The van der Waals surface area contributed by atoms with Crippen molar-refractivity contribution >= 4 is 29.1 Å². The van der Waals surface area contributed by atoms with E-state index in [1.165, 1.54) is 4.57 Å². The molecule has 0 aliphatic rings. The molecule has 30 heavy (non-hydrogen) atoms. The molecule has 3 aromatic rings. The Balaban J connectivity index is 2.12. The zero-order valence-electron chi connectivity index (χ0n) is 18.2. The number of carbonyl (C=O) groups is 2. The van der Waals surface area contributed by atoms with Gasteiger partial charge >= 0.3 is 6.09 Å². The number of carbonyl (C=O) groups excluding carboxylic acids is 2. The number of ether oxygens (including phenoxy) is 2. The van der Waals surface area contributed by atoms with Gasteiger partial charge in [-0.05, 0) is 52.8 Å². The van der Waals surface area contributed by atoms with Crippen LogP contribution in [0.1, 0.15) is 37.6 Å². The maximum absolute atomic E-state index is 13.2. The van der Waals surface area contributed by atoms with Gasteiger partial charge in [0.15, 0.2) is 0 Å². The second-order valence-electron chi connectivity index (χ2n) is 8.15. The molecule has 0 saturated heterocycles. The van der Waals surface area contributed by atoms with Crippen LogP contribution in [0.2, 0.25) is 0 Å². The van der Waals surface area contributed by atoms with Crippen LogP contribution in [0.4, 0.5) is 10.5 Å². The molecule has 2 aromatic heterocycles. The summed E-state index contributed by atoms with van der Waals surface area (Å²) in [5.74, 6) is 0.745. The van der Waals surface area contributed by atoms with E-state index < -0.39 is 11.7 Å². The number of amides is 1. The van der Waals surface area contributed by atoms with Crippen LogP contribution < -0.4 is 9.64 Å². The monoisotopic (exact) mass is 409 g/mol. The van der Waals surface area contributed by atoms with E-state index in [-0.39, 0.29) is 6.54 Å². The van der Waals surface area contributed by atoms with E-state index in [0.717, 1.165) is 28.7 Å². The van der Waals surface area contributed by atoms with Crippen LogP contribution in [-0.2, 0) is 16.1 Å². The molecule has 0 atom stereocenters. The first-order valence-corrected chi connectivity index (χ1v) is 9.70. The molecule has 0 fully saturated rings. The average molecular weight is 409 g/mol. The lowest BCUT2D eigenvalue weighted by Crippen LogP contribution is -2.37. The molecule has 2 heterocycles. The van der Waals surface area contributed by atoms with Gasteiger partial charge in [-0.15, -0.1) is 0 Å². The van der Waals surface area contributed by atoms with Crippen molar-refractivity contribution in [2.45, 2.75) is 46.8 Å². The van der Waals surface area contributed by atoms with Crippen molar-refractivity contribution in [1.29, 1.82) is 0 Å². The molecule has 0 saturated carbocycles. The van der Waals surface area contributed by atoms with Crippen molar-refractivity contribution in [2.75, 3.05) is 12.0 Å². The highest BCUT2D eigenvalue weighted by atomic mass is 16.6. The van der Waals surface area contributed by atoms with Gasteiger partial charge in [-0.3, -0.25) is 19.2 Å². The first-order chi connectivity index (χ1) is 14.2. The fraction of sp³-hybridized carbons (Fsp3) is 0.348. The Labute approximate surface area is 176 Å². The molecule has 1 aromatic carbocycles. The van der Waals surface area contributed by atoms with Gasteiger partial charge < -0.3 is 9.47 Å². The molecule has 7 heteroatoms. The van der Waals surface area contributed by atoms with Crippen molar-refractivity contribution in [3.05, 3.63) is 53.5 Å². The molecule has 0 radical (unpaired) electrons. The van der Waals surface area contributed by atoms with Gasteiger partial charge in [0.05, 0.1) is 30.6 Å². The van der Waals surface area contributed by atoms with Crippen molar-refractivity contribution in [3.8, 4) is 5.75 Å². The first-order valence-electron chi connectivity index (χ1n) is 9.70. The molecule has 0 spiro atoms. The smallest absolute Gasteiger partial charge is 0.415 e. The third kappa shape index (κ3) is 4.15. The first kappa shape index (κ1) is 21.4. The summed E-state index contributed by atoms with van der Waals surface area (Å²) < 4.78 is 12.7. The molecular formula is C23H27N3O4. The van der Waals surface area contributed by atoms with Crippen LogP contribution in [0.5, 0.6) is 5.75 Å². The molecule has 7 nitrogen and oxygen atoms in total. The van der Waals surface area contributed by atoms with E-state index in [2.05, 4.69) is 4.98 Å². The van der Waals surface area contributed by atoms with Gasteiger partial charge in [0.1, 0.15) is 11.4 Å². The maximum Gasteiger partial charge on any atom is 0.415 e. The fourth-order valence-electron chi connectivity index (χ4n) is 3.44. The lowest BCUT2D eigenvalue weighted by Gasteiger charge is -2.28. The fourth-order valence-corrected chi connectivity index (χ4v) is 3.44. The Hall–Kier alpha value is -3.35. The van der Waals surface area contributed by atoms with Crippen molar-refractivity contribution in [3.63, 3.8) is 0 Å². The van der Waals surface area contributed by atoms with Crippen LogP contribution in [0.25, 0.3) is 10.9 Å². The van der Waals surface area contributed by atoms with Crippen LogP contribution in [0.15, 0.2) is 36.7 Å². The van der Waals surface area contributed by atoms with E-state index in [9.17, 15) is 9.59 Å². The molecule has 1 amide bonds. The van der Waals surface area contributed by atoms with E-state index in [1.807, 2.05) is 58.9 Å². The van der Waals surface area contributed by atoms with Crippen LogP contribution in [0.3, 0.4) is 0 Å². The number of aromatic nitrogens is 2. The number of hydrogen-bond donors (Lipinski definition) is 0. The predicted molar refractivity (Wildman–Crippen MR) is 117 cm³/mol. The lowest BCUT2D eigenvalue weighted by atomic mass is 10.1. The summed E-state index contributed by atoms with van der Waals surface area (Å²) in [7, 11) is 1.62. The zero-order chi connectivity index (χ0) is 22.1. The SMILES string of the molecule is COc1c(C)cnc(CN(C(=O)OC(C)(C)C)c2cccc3c2ccn3C=O)c1C. The third-order valence-corrected chi connectivity index (χ3v) is 4.82. The Morgan fingerprint density at radius 2 is 1.97 bits per heavy atom. The molecule has 0 aliphatic carbocycles. The van der Waals surface area contributed by atoms with E-state index >= 15 is 0 Å². The third-order valence-electron chi connectivity index (χ3n) is 4.82. The Bertz CT molecular complexity index is 1100. The number of aryl methyl sites for hydroxylation is 1. The van der Waals surface area contributed by atoms with Crippen molar-refractivity contribution in [1.82, 2.24) is 9.55 Å². The second kappa shape index (κ2) is 8.18. The number of fused-ring (bicyclic) bond motifs is 1. The van der Waals surface area contributed by atoms with Gasteiger partial charge in [-0.2, -0.15) is 0 Å². The van der Waals surface area contributed by atoms with E-state index in [0.29, 0.717) is 16.9 Å². The summed E-state index contributed by atoms with van der Waals surface area (Å²) in [4.78, 5) is 30.6. The number of anilines is 1. The Morgan fingerprint density at radius 1 is 1.23 bits per heavy atom. The van der Waals surface area contributed by atoms with Gasteiger partial charge in [0, 0.05) is 28.9 Å². The number of methoxy groups -OCH3 is 1. The summed E-state index contributed by atoms with van der Waals surface area (Å²) in [5, 5.41) is 0.771. The largest absolute Gasteiger partial charge is 0.496 e. The molecule has 158 valence electrons. The zero-order valence-corrected chi connectivity index (χ0v) is 18.2. The topological polar surface area (TPSA) is 73.7 Å². The second-order valence-corrected chi connectivity index (χ2v) is 8.15. The van der Waals surface area contributed by atoms with Gasteiger partial charge in [0.2, 0.25) is 6.41 Å². The number of rotatable bonds is 5. The molecule has 0 aliphatic heterocycles. The number of benzene rings is 1. The lowest BCUT2D eigenvalue weighted by molar-refractivity contribution is 0.0577. The highest BCUT2D eigenvalue weighted by Crippen LogP contribution is 2.32. The van der Waals surface area contributed by atoms with E-state index in [4.69, 9.17) is 9.47 Å². The van der Waals surface area contributed by atoms with Crippen LogP contribution in [-0.4, -0.2) is 34.8 Å². The predicted octanol–water partition coefficient (Wildman–Crippen LogP) is 4.64. The van der Waals surface area contributed by atoms with Gasteiger partial charge in [-0.1, -0.05) is 6.07 Å². The van der Waals surface area contributed by atoms with Gasteiger partial charge in [-0.25, -0.2) is 4.79 Å². The van der Waals surface area contributed by atoms with E-state index in [1.54, 1.807) is 24.4 Å². The highest BCUT2D eigenvalue weighted by Gasteiger charge is 2.27. The maximum atomic E-state index is 13.2. The summed E-state index contributed by atoms with van der Waals surface area (Å²) in [6, 6.07) is 7.29. The molecular weight excluding hydrogens is 382 g/mol. The Kier molecular flexibility index (Phi) is 5.82. The molecule has 0 unspecified atom stereocenters. The summed E-state index contributed by atoms with van der Waals surface area (Å²) in [6.45, 7) is 9.52. The van der Waals surface area contributed by atoms with Crippen molar-refractivity contribution in [2.24, 2.45) is 0 Å². The minimum Gasteiger partial charge on any atom is -0.496 e. The normalized spacial score (nSPS) is 11.4. The summed E-state index contributed by atoms with van der Waals surface area (Å²) in [6.07, 6.45) is 3.65.